The average Bonchev–Trinajstić information content (AvgIpc) is 2.90. The molecule has 1 aromatic rings. The van der Waals surface area contributed by atoms with Crippen LogP contribution in [-0.2, 0) is 9.59 Å². The lowest BCUT2D eigenvalue weighted by Gasteiger charge is -2.25. The number of carbonyl (C=O) groups excluding carboxylic acids is 2. The number of aromatic nitrogens is 1. The van der Waals surface area contributed by atoms with Crippen molar-refractivity contribution in [2.75, 3.05) is 18.4 Å². The normalized spacial score (nSPS) is 12.0. The van der Waals surface area contributed by atoms with Crippen molar-refractivity contribution in [1.29, 1.82) is 0 Å². The van der Waals surface area contributed by atoms with E-state index < -0.39 is 0 Å². The van der Waals surface area contributed by atoms with E-state index in [1.807, 2.05) is 13.8 Å². The molecule has 0 fully saturated rings. The molecule has 124 valence electrons. The van der Waals surface area contributed by atoms with Gasteiger partial charge in [-0.3, -0.25) is 9.59 Å². The Labute approximate surface area is 132 Å². The minimum Gasteiger partial charge on any atom is -0.360 e. The summed E-state index contributed by atoms with van der Waals surface area (Å²) in [6.45, 7) is 8.34. The summed E-state index contributed by atoms with van der Waals surface area (Å²) in [5.41, 5.74) is 0. The van der Waals surface area contributed by atoms with Gasteiger partial charge in [0.15, 0.2) is 5.82 Å². The molecule has 0 saturated heterocycles. The smallest absolute Gasteiger partial charge is 0.245 e. The van der Waals surface area contributed by atoms with Gasteiger partial charge < -0.3 is 14.7 Å². The third-order valence-corrected chi connectivity index (χ3v) is 3.67. The molecule has 1 aromatic heterocycles. The van der Waals surface area contributed by atoms with Gasteiger partial charge in [-0.05, 0) is 26.7 Å². The maximum Gasteiger partial charge on any atom is 0.245 e. The van der Waals surface area contributed by atoms with Gasteiger partial charge in [-0.25, -0.2) is 0 Å². The van der Waals surface area contributed by atoms with E-state index in [0.29, 0.717) is 18.1 Å². The van der Waals surface area contributed by atoms with Gasteiger partial charge in [-0.2, -0.15) is 0 Å². The lowest BCUT2D eigenvalue weighted by atomic mass is 9.97. The Morgan fingerprint density at radius 1 is 1.36 bits per heavy atom. The summed E-state index contributed by atoms with van der Waals surface area (Å²) in [5, 5.41) is 6.36. The number of rotatable bonds is 9. The molecular weight excluding hydrogens is 282 g/mol. The Hall–Kier alpha value is -1.85. The number of nitrogens with zero attached hydrogens (tertiary/aromatic N) is 2. The molecule has 1 atom stereocenters. The van der Waals surface area contributed by atoms with Crippen LogP contribution in [0.1, 0.15) is 52.2 Å². The zero-order valence-electron chi connectivity index (χ0n) is 14.0. The van der Waals surface area contributed by atoms with Crippen LogP contribution >= 0.6 is 0 Å². The second-order valence-electron chi connectivity index (χ2n) is 5.47. The predicted molar refractivity (Wildman–Crippen MR) is 85.4 cm³/mol. The van der Waals surface area contributed by atoms with Gasteiger partial charge in [0.2, 0.25) is 11.8 Å². The van der Waals surface area contributed by atoms with Gasteiger partial charge >= 0.3 is 0 Å². The van der Waals surface area contributed by atoms with Gasteiger partial charge in [0.25, 0.3) is 0 Å². The maximum absolute atomic E-state index is 12.5. The highest BCUT2D eigenvalue weighted by Gasteiger charge is 2.23. The summed E-state index contributed by atoms with van der Waals surface area (Å²) in [6.07, 6.45) is 3.79. The van der Waals surface area contributed by atoms with Gasteiger partial charge in [0, 0.05) is 18.5 Å². The Morgan fingerprint density at radius 3 is 2.59 bits per heavy atom. The molecule has 0 bridgehead atoms. The van der Waals surface area contributed by atoms with E-state index in [1.54, 1.807) is 17.9 Å². The van der Waals surface area contributed by atoms with Crippen LogP contribution in [0.4, 0.5) is 5.82 Å². The third kappa shape index (κ3) is 5.50. The van der Waals surface area contributed by atoms with Crippen LogP contribution in [-0.4, -0.2) is 35.0 Å². The van der Waals surface area contributed by atoms with E-state index in [0.717, 1.165) is 25.7 Å². The van der Waals surface area contributed by atoms with Crippen LogP contribution in [0.5, 0.6) is 0 Å². The molecule has 6 nitrogen and oxygen atoms in total. The van der Waals surface area contributed by atoms with Crippen molar-refractivity contribution in [2.45, 2.75) is 53.4 Å². The summed E-state index contributed by atoms with van der Waals surface area (Å²) >= 11 is 0. The second-order valence-corrected chi connectivity index (χ2v) is 5.47. The first-order valence-corrected chi connectivity index (χ1v) is 8.03. The standard InChI is InChI=1S/C16H27N3O3/c1-5-8-9-13(6-2)16(21)19(7-3)11-15(20)17-14-10-12(4)22-18-14/h10,13H,5-9,11H2,1-4H3,(H,17,18,20)/t13-/m1/s1. The first-order chi connectivity index (χ1) is 10.5. The molecule has 0 radical (unpaired) electrons. The summed E-state index contributed by atoms with van der Waals surface area (Å²) in [6, 6.07) is 1.64. The summed E-state index contributed by atoms with van der Waals surface area (Å²) in [4.78, 5) is 26.2. The number of nitrogens with one attached hydrogen (secondary N) is 1. The summed E-state index contributed by atoms with van der Waals surface area (Å²) in [7, 11) is 0. The minimum atomic E-state index is -0.256. The number of amides is 2. The van der Waals surface area contributed by atoms with Crippen molar-refractivity contribution in [3.63, 3.8) is 0 Å². The van der Waals surface area contributed by atoms with Gasteiger partial charge in [0.1, 0.15) is 5.76 Å². The SMILES string of the molecule is CCCC[C@@H](CC)C(=O)N(CC)CC(=O)Nc1cc(C)on1. The fourth-order valence-corrected chi connectivity index (χ4v) is 2.34. The molecule has 1 N–H and O–H groups in total. The predicted octanol–water partition coefficient (Wildman–Crippen LogP) is 2.99. The molecule has 22 heavy (non-hydrogen) atoms. The summed E-state index contributed by atoms with van der Waals surface area (Å²) < 4.78 is 4.90. The molecule has 2 amide bonds. The van der Waals surface area contributed by atoms with Crippen LogP contribution in [0.25, 0.3) is 0 Å². The minimum absolute atomic E-state index is 0.00185. The maximum atomic E-state index is 12.5. The number of carbonyl (C=O) groups is 2. The Kier molecular flexibility index (Phi) is 7.63. The molecule has 0 aliphatic rings. The molecule has 6 heteroatoms. The lowest BCUT2D eigenvalue weighted by molar-refractivity contribution is -0.138. The highest BCUT2D eigenvalue weighted by molar-refractivity contribution is 5.94. The second kappa shape index (κ2) is 9.23. The number of hydrogen-bond donors (Lipinski definition) is 1. The molecule has 1 heterocycles. The van der Waals surface area contributed by atoms with Crippen LogP contribution in [0.3, 0.4) is 0 Å². The van der Waals surface area contributed by atoms with Gasteiger partial charge in [0.05, 0.1) is 6.54 Å². The Morgan fingerprint density at radius 2 is 2.09 bits per heavy atom. The van der Waals surface area contributed by atoms with Crippen LogP contribution < -0.4 is 5.32 Å². The van der Waals surface area contributed by atoms with E-state index in [4.69, 9.17) is 4.52 Å². The molecule has 0 aromatic carbocycles. The van der Waals surface area contributed by atoms with Crippen LogP contribution in [0.15, 0.2) is 10.6 Å². The monoisotopic (exact) mass is 309 g/mol. The van der Waals surface area contributed by atoms with E-state index in [-0.39, 0.29) is 24.3 Å². The number of aryl methyl sites for hydroxylation is 1. The molecule has 0 aliphatic heterocycles. The molecule has 0 unspecified atom stereocenters. The van der Waals surface area contributed by atoms with Crippen molar-refractivity contribution in [3.8, 4) is 0 Å². The van der Waals surface area contributed by atoms with E-state index in [1.165, 1.54) is 0 Å². The van der Waals surface area contributed by atoms with Crippen molar-refractivity contribution < 1.29 is 14.1 Å². The van der Waals surface area contributed by atoms with E-state index in [2.05, 4.69) is 17.4 Å². The number of likely N-dealkylation sites (N-methyl/N-ethyl adjacent to an activating group) is 1. The molecule has 0 aliphatic carbocycles. The Balaban J connectivity index is 2.58. The van der Waals surface area contributed by atoms with E-state index >= 15 is 0 Å². The van der Waals surface area contributed by atoms with Gasteiger partial charge in [-0.15, -0.1) is 0 Å². The summed E-state index contributed by atoms with van der Waals surface area (Å²) in [5.74, 6) is 0.814. The quantitative estimate of drug-likeness (QED) is 0.761. The highest BCUT2D eigenvalue weighted by Crippen LogP contribution is 2.16. The van der Waals surface area contributed by atoms with Gasteiger partial charge in [-0.1, -0.05) is 31.8 Å². The zero-order valence-corrected chi connectivity index (χ0v) is 14.0. The molecule has 0 spiro atoms. The average molecular weight is 309 g/mol. The van der Waals surface area contributed by atoms with Crippen LogP contribution in [0.2, 0.25) is 0 Å². The molecule has 0 saturated carbocycles. The molecular formula is C16H27N3O3. The fourth-order valence-electron chi connectivity index (χ4n) is 2.34. The third-order valence-electron chi connectivity index (χ3n) is 3.67. The largest absolute Gasteiger partial charge is 0.360 e. The van der Waals surface area contributed by atoms with Crippen molar-refractivity contribution in [2.24, 2.45) is 5.92 Å². The lowest BCUT2D eigenvalue weighted by Crippen LogP contribution is -2.41. The first-order valence-electron chi connectivity index (χ1n) is 8.03. The number of hydrogen-bond acceptors (Lipinski definition) is 4. The van der Waals surface area contributed by atoms with Crippen molar-refractivity contribution in [1.82, 2.24) is 10.1 Å². The van der Waals surface area contributed by atoms with Crippen molar-refractivity contribution in [3.05, 3.63) is 11.8 Å². The first kappa shape index (κ1) is 18.2. The highest BCUT2D eigenvalue weighted by atomic mass is 16.5. The van der Waals surface area contributed by atoms with Crippen LogP contribution in [0, 0.1) is 12.8 Å². The van der Waals surface area contributed by atoms with E-state index in [9.17, 15) is 9.59 Å². The van der Waals surface area contributed by atoms with Crippen molar-refractivity contribution >= 4 is 17.6 Å². The zero-order chi connectivity index (χ0) is 16.5. The number of anilines is 1. The Bertz CT molecular complexity index is 485. The topological polar surface area (TPSA) is 75.4 Å². The fraction of sp³-hybridized carbons (Fsp3) is 0.688. The molecule has 1 rings (SSSR count). The number of unbranched alkanes of at least 4 members (excludes halogenated alkanes) is 1.